The van der Waals surface area contributed by atoms with Crippen LogP contribution in [0.4, 0.5) is 10.1 Å². The topological polar surface area (TPSA) is 64.3 Å². The highest BCUT2D eigenvalue weighted by molar-refractivity contribution is 9.10. The molecular formula is C15H14BrFN2O2. The molecular weight excluding hydrogens is 339 g/mol. The summed E-state index contributed by atoms with van der Waals surface area (Å²) < 4.78 is 18.8. The normalized spacial score (nSPS) is 11.8. The predicted octanol–water partition coefficient (Wildman–Crippen LogP) is 3.24. The molecule has 4 nitrogen and oxygen atoms in total. The van der Waals surface area contributed by atoms with E-state index in [1.165, 1.54) is 25.3 Å². The third kappa shape index (κ3) is 3.52. The molecule has 1 amide bonds. The number of anilines is 1. The summed E-state index contributed by atoms with van der Waals surface area (Å²) in [7, 11) is 1.54. The average molecular weight is 353 g/mol. The molecule has 0 aliphatic heterocycles. The van der Waals surface area contributed by atoms with E-state index in [4.69, 9.17) is 10.5 Å². The summed E-state index contributed by atoms with van der Waals surface area (Å²) >= 11 is 3.10. The Morgan fingerprint density at radius 3 is 2.67 bits per heavy atom. The lowest BCUT2D eigenvalue weighted by Crippen LogP contribution is -2.28. The van der Waals surface area contributed by atoms with Crippen LogP contribution in [0.1, 0.15) is 11.6 Å². The molecule has 2 aromatic rings. The number of nitrogens with two attached hydrogens (primary N) is 1. The lowest BCUT2D eigenvalue weighted by Gasteiger charge is -2.19. The summed E-state index contributed by atoms with van der Waals surface area (Å²) in [6.45, 7) is 0. The summed E-state index contributed by atoms with van der Waals surface area (Å²) in [6.07, 6.45) is 0. The van der Waals surface area contributed by atoms with Crippen LogP contribution in [0.3, 0.4) is 0 Å². The zero-order valence-electron chi connectivity index (χ0n) is 11.3. The number of para-hydroxylation sites is 2. The Morgan fingerprint density at radius 2 is 2.05 bits per heavy atom. The fourth-order valence-corrected chi connectivity index (χ4v) is 2.33. The number of carbonyl (C=O) groups is 1. The number of benzene rings is 2. The van der Waals surface area contributed by atoms with E-state index in [1.54, 1.807) is 12.1 Å². The van der Waals surface area contributed by atoms with Gasteiger partial charge in [0.1, 0.15) is 17.6 Å². The molecule has 1 atom stereocenters. The van der Waals surface area contributed by atoms with Crippen LogP contribution in [-0.4, -0.2) is 13.0 Å². The number of carbonyl (C=O) groups excluding carboxylic acids is 1. The van der Waals surface area contributed by atoms with E-state index in [1.807, 2.05) is 12.1 Å². The number of methoxy groups -OCH3 is 1. The molecule has 0 fully saturated rings. The molecule has 110 valence electrons. The molecule has 6 heteroatoms. The van der Waals surface area contributed by atoms with E-state index in [-0.39, 0.29) is 4.47 Å². The first-order chi connectivity index (χ1) is 10.0. The Hall–Kier alpha value is -2.08. The quantitative estimate of drug-likeness (QED) is 0.868. The maximum Gasteiger partial charge on any atom is 0.244 e. The Bertz CT molecular complexity index is 664. The number of rotatable bonds is 5. The zero-order valence-corrected chi connectivity index (χ0v) is 12.9. The van der Waals surface area contributed by atoms with Gasteiger partial charge >= 0.3 is 0 Å². The van der Waals surface area contributed by atoms with E-state index in [9.17, 15) is 9.18 Å². The van der Waals surface area contributed by atoms with Gasteiger partial charge in [0, 0.05) is 0 Å². The van der Waals surface area contributed by atoms with Gasteiger partial charge in [-0.25, -0.2) is 4.39 Å². The number of primary amides is 1. The molecule has 0 saturated heterocycles. The first-order valence-corrected chi connectivity index (χ1v) is 6.96. The van der Waals surface area contributed by atoms with Gasteiger partial charge in [0.25, 0.3) is 0 Å². The molecule has 0 bridgehead atoms. The molecule has 0 radical (unpaired) electrons. The summed E-state index contributed by atoms with van der Waals surface area (Å²) in [5, 5.41) is 3.02. The van der Waals surface area contributed by atoms with Gasteiger partial charge in [0.15, 0.2) is 0 Å². The number of hydrogen-bond donors (Lipinski definition) is 2. The first-order valence-electron chi connectivity index (χ1n) is 6.16. The van der Waals surface area contributed by atoms with Crippen LogP contribution in [-0.2, 0) is 4.79 Å². The lowest BCUT2D eigenvalue weighted by atomic mass is 10.1. The molecule has 0 heterocycles. The van der Waals surface area contributed by atoms with E-state index < -0.39 is 17.8 Å². The second-order valence-corrected chi connectivity index (χ2v) is 5.21. The summed E-state index contributed by atoms with van der Waals surface area (Å²) in [5.74, 6) is -0.386. The van der Waals surface area contributed by atoms with Crippen LogP contribution in [0.15, 0.2) is 46.9 Å². The van der Waals surface area contributed by atoms with Crippen molar-refractivity contribution in [2.75, 3.05) is 12.4 Å². The maximum atomic E-state index is 13.3. The average Bonchev–Trinajstić information content (AvgIpc) is 2.48. The summed E-state index contributed by atoms with van der Waals surface area (Å²) in [5.41, 5.74) is 6.63. The number of halogens is 2. The molecule has 0 aliphatic rings. The van der Waals surface area contributed by atoms with Gasteiger partial charge in [-0.05, 0) is 45.8 Å². The van der Waals surface area contributed by atoms with Crippen molar-refractivity contribution in [1.82, 2.24) is 0 Å². The van der Waals surface area contributed by atoms with Gasteiger partial charge in [-0.2, -0.15) is 0 Å². The smallest absolute Gasteiger partial charge is 0.244 e. The first kappa shape index (κ1) is 15.3. The van der Waals surface area contributed by atoms with Crippen molar-refractivity contribution >= 4 is 27.5 Å². The number of hydrogen-bond acceptors (Lipinski definition) is 3. The van der Waals surface area contributed by atoms with Crippen molar-refractivity contribution in [2.45, 2.75) is 6.04 Å². The molecule has 3 N–H and O–H groups in total. The highest BCUT2D eigenvalue weighted by Crippen LogP contribution is 2.29. The second-order valence-electron chi connectivity index (χ2n) is 4.35. The van der Waals surface area contributed by atoms with Crippen LogP contribution < -0.4 is 15.8 Å². The van der Waals surface area contributed by atoms with Crippen LogP contribution in [0.25, 0.3) is 0 Å². The Kier molecular flexibility index (Phi) is 4.80. The largest absolute Gasteiger partial charge is 0.495 e. The van der Waals surface area contributed by atoms with Crippen LogP contribution >= 0.6 is 15.9 Å². The fourth-order valence-electron chi connectivity index (χ4n) is 1.93. The predicted molar refractivity (Wildman–Crippen MR) is 82.7 cm³/mol. The van der Waals surface area contributed by atoms with Gasteiger partial charge in [-0.15, -0.1) is 0 Å². The van der Waals surface area contributed by atoms with Gasteiger partial charge in [0.05, 0.1) is 17.3 Å². The van der Waals surface area contributed by atoms with Gasteiger partial charge in [-0.1, -0.05) is 18.2 Å². The van der Waals surface area contributed by atoms with Crippen molar-refractivity contribution < 1.29 is 13.9 Å². The van der Waals surface area contributed by atoms with Crippen molar-refractivity contribution in [1.29, 1.82) is 0 Å². The lowest BCUT2D eigenvalue weighted by molar-refractivity contribution is -0.118. The molecule has 0 saturated carbocycles. The number of amides is 1. The van der Waals surface area contributed by atoms with E-state index in [0.29, 0.717) is 17.0 Å². The third-order valence-electron chi connectivity index (χ3n) is 2.97. The van der Waals surface area contributed by atoms with E-state index >= 15 is 0 Å². The summed E-state index contributed by atoms with van der Waals surface area (Å²) in [6, 6.07) is 10.7. The fraction of sp³-hybridized carbons (Fsp3) is 0.133. The molecule has 1 unspecified atom stereocenters. The van der Waals surface area contributed by atoms with E-state index in [2.05, 4.69) is 21.2 Å². The Labute approximate surface area is 130 Å². The molecule has 2 aromatic carbocycles. The standard InChI is InChI=1S/C15H14BrFN2O2/c1-21-13-5-3-2-4-12(13)19-14(15(18)20)9-6-7-11(17)10(16)8-9/h2-8,14,19H,1H3,(H2,18,20). The van der Waals surface area contributed by atoms with Crippen molar-refractivity contribution in [3.8, 4) is 5.75 Å². The Balaban J connectivity index is 2.35. The minimum absolute atomic E-state index is 0.271. The maximum absolute atomic E-state index is 13.3. The molecule has 0 aromatic heterocycles. The molecule has 0 aliphatic carbocycles. The van der Waals surface area contributed by atoms with Crippen LogP contribution in [0.2, 0.25) is 0 Å². The number of ether oxygens (including phenoxy) is 1. The van der Waals surface area contributed by atoms with Crippen LogP contribution in [0.5, 0.6) is 5.75 Å². The number of nitrogens with one attached hydrogen (secondary N) is 1. The van der Waals surface area contributed by atoms with Crippen molar-refractivity contribution in [3.63, 3.8) is 0 Å². The molecule has 0 spiro atoms. The van der Waals surface area contributed by atoms with Crippen LogP contribution in [0, 0.1) is 5.82 Å². The van der Waals surface area contributed by atoms with Crippen molar-refractivity contribution in [3.05, 3.63) is 58.3 Å². The molecule has 2 rings (SSSR count). The van der Waals surface area contributed by atoms with Gasteiger partial charge in [0.2, 0.25) is 5.91 Å². The van der Waals surface area contributed by atoms with Gasteiger partial charge in [-0.3, -0.25) is 4.79 Å². The van der Waals surface area contributed by atoms with Crippen molar-refractivity contribution in [2.24, 2.45) is 5.73 Å². The third-order valence-corrected chi connectivity index (χ3v) is 3.58. The minimum atomic E-state index is -0.793. The highest BCUT2D eigenvalue weighted by atomic mass is 79.9. The SMILES string of the molecule is COc1ccccc1NC(C(N)=O)c1ccc(F)c(Br)c1. The zero-order chi connectivity index (χ0) is 15.4. The monoisotopic (exact) mass is 352 g/mol. The highest BCUT2D eigenvalue weighted by Gasteiger charge is 2.20. The second kappa shape index (κ2) is 6.58. The van der Waals surface area contributed by atoms with Gasteiger partial charge < -0.3 is 15.8 Å². The van der Waals surface area contributed by atoms with E-state index in [0.717, 1.165) is 0 Å². The molecule has 21 heavy (non-hydrogen) atoms. The Morgan fingerprint density at radius 1 is 1.33 bits per heavy atom. The summed E-state index contributed by atoms with van der Waals surface area (Å²) in [4.78, 5) is 11.7. The minimum Gasteiger partial charge on any atom is -0.495 e.